The van der Waals surface area contributed by atoms with Crippen LogP contribution < -0.4 is 14.8 Å². The molecule has 0 saturated carbocycles. The van der Waals surface area contributed by atoms with Crippen LogP contribution in [0.4, 0.5) is 8.78 Å². The molecule has 0 aliphatic carbocycles. The number of carbonyl (C=O) groups is 3. The van der Waals surface area contributed by atoms with E-state index in [0.717, 1.165) is 6.07 Å². The number of carbonyl (C=O) groups excluding carboxylic acids is 3. The number of hydrogen-bond acceptors (Lipinski definition) is 7. The number of amides is 2. The maximum Gasteiger partial charge on any atom is 0.244 e. The number of furan rings is 1. The number of methoxy groups -OCH3 is 1. The molecule has 0 radical (unpaired) electrons. The van der Waals surface area contributed by atoms with Crippen molar-refractivity contribution < 1.29 is 37.1 Å². The largest absolute Gasteiger partial charge is 0.496 e. The highest BCUT2D eigenvalue weighted by Crippen LogP contribution is 2.34. The molecular weight excluding hydrogens is 488 g/mol. The van der Waals surface area contributed by atoms with Gasteiger partial charge >= 0.3 is 0 Å². The minimum atomic E-state index is -1.48. The Morgan fingerprint density at radius 3 is 2.54 bits per heavy atom. The van der Waals surface area contributed by atoms with Crippen LogP contribution in [0.2, 0.25) is 0 Å². The molecule has 0 saturated heterocycles. The fraction of sp³-hybridized carbons (Fsp3) is 0.346. The van der Waals surface area contributed by atoms with Crippen molar-refractivity contribution in [3.8, 4) is 11.5 Å². The van der Waals surface area contributed by atoms with Crippen molar-refractivity contribution in [3.05, 3.63) is 59.4 Å². The molecule has 1 heterocycles. The second-order valence-corrected chi connectivity index (χ2v) is 8.86. The zero-order chi connectivity index (χ0) is 27.3. The zero-order valence-electron chi connectivity index (χ0n) is 21.3. The molecule has 0 bridgehead atoms. The SMILES string of the molecule is COc1cccc(F)c1CNC(=O)C(C)(COc1c(C=O)oc2ccc(F)cc12)N(C)CC(=O)N(C)C. The van der Waals surface area contributed by atoms with Gasteiger partial charge in [-0.1, -0.05) is 6.07 Å². The number of likely N-dealkylation sites (N-methyl/N-ethyl adjacent to an activating group) is 2. The molecule has 11 heteroatoms. The van der Waals surface area contributed by atoms with Gasteiger partial charge in [-0.2, -0.15) is 0 Å². The first kappa shape index (κ1) is 27.6. The first-order valence-electron chi connectivity index (χ1n) is 11.3. The smallest absolute Gasteiger partial charge is 0.244 e. The third kappa shape index (κ3) is 5.88. The van der Waals surface area contributed by atoms with Crippen molar-refractivity contribution in [2.45, 2.75) is 19.0 Å². The lowest BCUT2D eigenvalue weighted by molar-refractivity contribution is -0.138. The Kier molecular flexibility index (Phi) is 8.49. The van der Waals surface area contributed by atoms with Crippen molar-refractivity contribution in [2.24, 2.45) is 0 Å². The summed E-state index contributed by atoms with van der Waals surface area (Å²) in [5.41, 5.74) is -1.11. The quantitative estimate of drug-likeness (QED) is 0.390. The van der Waals surface area contributed by atoms with E-state index in [-0.39, 0.29) is 59.4 Å². The highest BCUT2D eigenvalue weighted by molar-refractivity contribution is 5.93. The summed E-state index contributed by atoms with van der Waals surface area (Å²) >= 11 is 0. The standard InChI is InChI=1S/C26H29F2N3O6/c1-26(31(4)13-23(33)30(2)3,25(34)29-12-18-19(28)7-6-8-20(18)35-5)15-36-24-17-11-16(27)9-10-21(17)37-22(24)14-32/h6-11,14H,12-13,15H2,1-5H3,(H,29,34). The molecule has 0 fully saturated rings. The summed E-state index contributed by atoms with van der Waals surface area (Å²) in [6.45, 7) is 0.841. The zero-order valence-corrected chi connectivity index (χ0v) is 21.3. The molecule has 1 unspecified atom stereocenters. The van der Waals surface area contributed by atoms with E-state index in [0.29, 0.717) is 6.29 Å². The maximum atomic E-state index is 14.4. The topological polar surface area (TPSA) is 101 Å². The van der Waals surface area contributed by atoms with E-state index in [9.17, 15) is 23.2 Å². The number of nitrogens with zero attached hydrogens (tertiary/aromatic N) is 2. The first-order chi connectivity index (χ1) is 17.5. The van der Waals surface area contributed by atoms with Gasteiger partial charge in [-0.3, -0.25) is 19.3 Å². The summed E-state index contributed by atoms with van der Waals surface area (Å²) in [7, 11) is 6.11. The number of rotatable bonds is 11. The number of fused-ring (bicyclic) bond motifs is 1. The summed E-state index contributed by atoms with van der Waals surface area (Å²) in [6, 6.07) is 8.00. The summed E-state index contributed by atoms with van der Waals surface area (Å²) in [5, 5.41) is 2.90. The lowest BCUT2D eigenvalue weighted by Crippen LogP contribution is -2.60. The molecule has 0 spiro atoms. The van der Waals surface area contributed by atoms with Crippen LogP contribution in [0.5, 0.6) is 11.5 Å². The Balaban J connectivity index is 1.92. The lowest BCUT2D eigenvalue weighted by Gasteiger charge is -2.37. The van der Waals surface area contributed by atoms with Crippen LogP contribution >= 0.6 is 0 Å². The molecule has 0 aliphatic heterocycles. The molecule has 3 aromatic rings. The van der Waals surface area contributed by atoms with Crippen molar-refractivity contribution in [2.75, 3.05) is 41.4 Å². The molecule has 198 valence electrons. The van der Waals surface area contributed by atoms with Gasteiger partial charge in [0.1, 0.15) is 35.1 Å². The molecule has 1 aromatic heterocycles. The first-order valence-corrected chi connectivity index (χ1v) is 11.3. The number of nitrogens with one attached hydrogen (secondary N) is 1. The Morgan fingerprint density at radius 1 is 1.16 bits per heavy atom. The van der Waals surface area contributed by atoms with E-state index in [2.05, 4.69) is 5.32 Å². The van der Waals surface area contributed by atoms with Crippen LogP contribution in [0.3, 0.4) is 0 Å². The molecule has 0 aliphatic rings. The van der Waals surface area contributed by atoms with Crippen LogP contribution in [-0.4, -0.2) is 74.8 Å². The molecule has 2 aromatic carbocycles. The Morgan fingerprint density at radius 2 is 1.89 bits per heavy atom. The monoisotopic (exact) mass is 517 g/mol. The third-order valence-corrected chi connectivity index (χ3v) is 6.16. The highest BCUT2D eigenvalue weighted by Gasteiger charge is 2.40. The van der Waals surface area contributed by atoms with E-state index in [1.54, 1.807) is 27.2 Å². The molecular formula is C26H29F2N3O6. The molecule has 3 rings (SSSR count). The molecule has 9 nitrogen and oxygen atoms in total. The number of aldehydes is 1. The van der Waals surface area contributed by atoms with E-state index >= 15 is 0 Å². The van der Waals surface area contributed by atoms with E-state index in [4.69, 9.17) is 13.9 Å². The molecule has 2 amide bonds. The van der Waals surface area contributed by atoms with E-state index in [1.807, 2.05) is 0 Å². The van der Waals surface area contributed by atoms with Gasteiger partial charge in [-0.05, 0) is 44.3 Å². The van der Waals surface area contributed by atoms with Crippen LogP contribution in [0.25, 0.3) is 11.0 Å². The van der Waals surface area contributed by atoms with Gasteiger partial charge in [0.25, 0.3) is 0 Å². The molecule has 1 atom stereocenters. The van der Waals surface area contributed by atoms with Gasteiger partial charge in [0.05, 0.1) is 19.0 Å². The average Bonchev–Trinajstić information content (AvgIpc) is 3.22. The van der Waals surface area contributed by atoms with Crippen LogP contribution in [0.15, 0.2) is 40.8 Å². The molecule has 1 N–H and O–H groups in total. The predicted molar refractivity (Wildman–Crippen MR) is 132 cm³/mol. The highest BCUT2D eigenvalue weighted by atomic mass is 19.1. The third-order valence-electron chi connectivity index (χ3n) is 6.16. The predicted octanol–water partition coefficient (Wildman–Crippen LogP) is 3.01. The minimum absolute atomic E-state index is 0.0355. The number of ether oxygens (including phenoxy) is 2. The Bertz CT molecular complexity index is 1310. The van der Waals surface area contributed by atoms with Gasteiger partial charge in [-0.15, -0.1) is 0 Å². The number of halogens is 2. The minimum Gasteiger partial charge on any atom is -0.496 e. The van der Waals surface area contributed by atoms with Crippen molar-refractivity contribution in [1.82, 2.24) is 15.1 Å². The Labute approximate surface area is 212 Å². The van der Waals surface area contributed by atoms with Crippen molar-refractivity contribution in [1.29, 1.82) is 0 Å². The fourth-order valence-electron chi connectivity index (χ4n) is 3.63. The van der Waals surface area contributed by atoms with Crippen LogP contribution in [-0.2, 0) is 16.1 Å². The van der Waals surface area contributed by atoms with Gasteiger partial charge in [-0.25, -0.2) is 8.78 Å². The number of hydrogen-bond donors (Lipinski definition) is 1. The van der Waals surface area contributed by atoms with Gasteiger partial charge in [0, 0.05) is 26.2 Å². The van der Waals surface area contributed by atoms with Crippen LogP contribution in [0.1, 0.15) is 23.0 Å². The Hall–Kier alpha value is -3.99. The maximum absolute atomic E-state index is 14.4. The molecule has 37 heavy (non-hydrogen) atoms. The second-order valence-electron chi connectivity index (χ2n) is 8.86. The summed E-state index contributed by atoms with van der Waals surface area (Å²) in [4.78, 5) is 40.4. The fourth-order valence-corrected chi connectivity index (χ4v) is 3.63. The van der Waals surface area contributed by atoms with Gasteiger partial charge < -0.3 is 24.1 Å². The summed E-state index contributed by atoms with van der Waals surface area (Å²) in [6.07, 6.45) is 0.425. The van der Waals surface area contributed by atoms with E-state index in [1.165, 1.54) is 48.1 Å². The summed E-state index contributed by atoms with van der Waals surface area (Å²) in [5.74, 6) is -1.94. The normalized spacial score (nSPS) is 12.8. The number of benzene rings is 2. The van der Waals surface area contributed by atoms with Crippen LogP contribution in [0, 0.1) is 11.6 Å². The van der Waals surface area contributed by atoms with E-state index < -0.39 is 23.1 Å². The van der Waals surface area contributed by atoms with Gasteiger partial charge in [0.2, 0.25) is 17.6 Å². The van der Waals surface area contributed by atoms with Gasteiger partial charge in [0.15, 0.2) is 12.0 Å². The average molecular weight is 518 g/mol. The lowest BCUT2D eigenvalue weighted by atomic mass is 9.99. The van der Waals surface area contributed by atoms with Crippen molar-refractivity contribution in [3.63, 3.8) is 0 Å². The second kappa shape index (κ2) is 11.4. The van der Waals surface area contributed by atoms with Crippen molar-refractivity contribution >= 4 is 29.1 Å². The summed E-state index contributed by atoms with van der Waals surface area (Å²) < 4.78 is 44.8.